The van der Waals surface area contributed by atoms with E-state index in [1.165, 1.54) is 6.92 Å². The predicted octanol–water partition coefficient (Wildman–Crippen LogP) is 3.33. The van der Waals surface area contributed by atoms with Crippen molar-refractivity contribution in [1.82, 2.24) is 0 Å². The zero-order chi connectivity index (χ0) is 17.7. The third kappa shape index (κ3) is 4.66. The van der Waals surface area contributed by atoms with Gasteiger partial charge in [-0.3, -0.25) is 9.35 Å². The van der Waals surface area contributed by atoms with Gasteiger partial charge in [0.25, 0.3) is 10.1 Å². The first-order valence-corrected chi connectivity index (χ1v) is 9.07. The average Bonchev–Trinajstić information content (AvgIpc) is 2.58. The highest BCUT2D eigenvalue weighted by Crippen LogP contribution is 2.22. The molecule has 0 spiro atoms. The van der Waals surface area contributed by atoms with Gasteiger partial charge in [0, 0.05) is 11.5 Å². The number of ketones is 1. The Kier molecular flexibility index (Phi) is 5.75. The molecule has 2 rings (SSSR count). The van der Waals surface area contributed by atoms with Crippen molar-refractivity contribution >= 4 is 15.9 Å². The Morgan fingerprint density at radius 1 is 1.04 bits per heavy atom. The van der Waals surface area contributed by atoms with E-state index in [0.717, 1.165) is 5.56 Å². The summed E-state index contributed by atoms with van der Waals surface area (Å²) in [5, 5.41) is -1.02. The summed E-state index contributed by atoms with van der Waals surface area (Å²) in [6.45, 7) is 3.05. The lowest BCUT2D eigenvalue weighted by atomic mass is 9.92. The molecule has 0 aliphatic rings. The molecule has 2 aromatic carbocycles. The van der Waals surface area contributed by atoms with Crippen LogP contribution < -0.4 is 4.74 Å². The Morgan fingerprint density at radius 3 is 2.17 bits per heavy atom. The minimum atomic E-state index is -4.12. The van der Waals surface area contributed by atoms with Crippen LogP contribution in [-0.2, 0) is 10.1 Å². The van der Waals surface area contributed by atoms with E-state index in [0.29, 0.717) is 11.3 Å². The van der Waals surface area contributed by atoms with Crippen LogP contribution in [0.3, 0.4) is 0 Å². The van der Waals surface area contributed by atoms with E-state index in [1.54, 1.807) is 24.3 Å². The number of benzene rings is 2. The molecular formula is C18H20O5S. The lowest BCUT2D eigenvalue weighted by molar-refractivity contribution is 0.0966. The molecule has 128 valence electrons. The SMILES string of the molecule is CC(C(=O)c1ccc(OCC(C)S(=O)(=O)O)cc1)c1ccccc1. The fraction of sp³-hybridized carbons (Fsp3) is 0.278. The van der Waals surface area contributed by atoms with Crippen LogP contribution >= 0.6 is 0 Å². The highest BCUT2D eigenvalue weighted by atomic mass is 32.2. The maximum Gasteiger partial charge on any atom is 0.270 e. The summed E-state index contributed by atoms with van der Waals surface area (Å²) in [6.07, 6.45) is 0. The van der Waals surface area contributed by atoms with Crippen LogP contribution in [0, 0.1) is 0 Å². The van der Waals surface area contributed by atoms with E-state index in [4.69, 9.17) is 9.29 Å². The fourth-order valence-electron chi connectivity index (χ4n) is 2.16. The van der Waals surface area contributed by atoms with Gasteiger partial charge < -0.3 is 4.74 Å². The minimum Gasteiger partial charge on any atom is -0.492 e. The highest BCUT2D eigenvalue weighted by molar-refractivity contribution is 7.86. The third-order valence-corrected chi connectivity index (χ3v) is 4.98. The van der Waals surface area contributed by atoms with Crippen LogP contribution in [-0.4, -0.2) is 30.6 Å². The molecule has 24 heavy (non-hydrogen) atoms. The average molecular weight is 348 g/mol. The van der Waals surface area contributed by atoms with E-state index in [-0.39, 0.29) is 18.3 Å². The number of carbonyl (C=O) groups excluding carboxylic acids is 1. The second-order valence-corrected chi connectivity index (χ2v) is 7.49. The normalized spacial score (nSPS) is 14.0. The van der Waals surface area contributed by atoms with E-state index >= 15 is 0 Å². The smallest absolute Gasteiger partial charge is 0.270 e. The lowest BCUT2D eigenvalue weighted by Gasteiger charge is -2.13. The Bertz CT molecular complexity index is 782. The molecule has 1 N–H and O–H groups in total. The Hall–Kier alpha value is -2.18. The molecule has 2 unspecified atom stereocenters. The summed E-state index contributed by atoms with van der Waals surface area (Å²) in [7, 11) is -4.12. The molecule has 0 bridgehead atoms. The molecule has 0 radical (unpaired) electrons. The van der Waals surface area contributed by atoms with Crippen molar-refractivity contribution in [3.8, 4) is 5.75 Å². The lowest BCUT2D eigenvalue weighted by Crippen LogP contribution is -2.24. The van der Waals surface area contributed by atoms with Crippen molar-refractivity contribution in [2.45, 2.75) is 25.0 Å². The standard InChI is InChI=1S/C18H20O5S/c1-13(24(20,21)22)12-23-17-10-8-16(9-11-17)18(19)14(2)15-6-4-3-5-7-15/h3-11,13-14H,12H2,1-2H3,(H,20,21,22). The van der Waals surface area contributed by atoms with Crippen LogP contribution in [0.25, 0.3) is 0 Å². The number of carbonyl (C=O) groups is 1. The van der Waals surface area contributed by atoms with E-state index in [9.17, 15) is 13.2 Å². The van der Waals surface area contributed by atoms with Crippen molar-refractivity contribution in [2.75, 3.05) is 6.61 Å². The molecule has 0 aromatic heterocycles. The molecule has 0 heterocycles. The molecule has 2 atom stereocenters. The number of Topliss-reactive ketones (excluding diaryl/α,β-unsaturated/α-hetero) is 1. The van der Waals surface area contributed by atoms with E-state index in [2.05, 4.69) is 0 Å². The molecule has 0 amide bonds. The van der Waals surface area contributed by atoms with Gasteiger partial charge in [-0.15, -0.1) is 0 Å². The first-order valence-electron chi connectivity index (χ1n) is 7.57. The molecule has 2 aromatic rings. The van der Waals surface area contributed by atoms with Crippen LogP contribution in [0.2, 0.25) is 0 Å². The first kappa shape index (κ1) is 18.2. The monoisotopic (exact) mass is 348 g/mol. The number of ether oxygens (including phenoxy) is 1. The highest BCUT2D eigenvalue weighted by Gasteiger charge is 2.19. The maximum absolute atomic E-state index is 12.5. The van der Waals surface area contributed by atoms with E-state index in [1.807, 2.05) is 37.3 Å². The molecule has 0 saturated heterocycles. The topological polar surface area (TPSA) is 80.7 Å². The molecule has 5 nitrogen and oxygen atoms in total. The summed E-state index contributed by atoms with van der Waals surface area (Å²) in [6, 6.07) is 16.0. The summed E-state index contributed by atoms with van der Waals surface area (Å²) in [5.41, 5.74) is 1.51. The summed E-state index contributed by atoms with van der Waals surface area (Å²) < 4.78 is 36.1. The minimum absolute atomic E-state index is 0.000876. The van der Waals surface area contributed by atoms with Gasteiger partial charge in [0.2, 0.25) is 0 Å². The Morgan fingerprint density at radius 2 is 1.62 bits per heavy atom. The molecular weight excluding hydrogens is 328 g/mol. The predicted molar refractivity (Wildman–Crippen MR) is 92.1 cm³/mol. The molecule has 0 aliphatic carbocycles. The fourth-order valence-corrected chi connectivity index (χ4v) is 2.40. The third-order valence-electron chi connectivity index (χ3n) is 3.82. The Labute approximate surface area is 142 Å². The summed E-state index contributed by atoms with van der Waals surface area (Å²) in [5.74, 6) is 0.186. The molecule has 0 saturated carbocycles. The molecule has 6 heteroatoms. The van der Waals surface area contributed by atoms with Gasteiger partial charge in [0.15, 0.2) is 5.78 Å². The van der Waals surface area contributed by atoms with Gasteiger partial charge in [-0.1, -0.05) is 37.3 Å². The van der Waals surface area contributed by atoms with Gasteiger partial charge in [0.1, 0.15) is 17.6 Å². The van der Waals surface area contributed by atoms with Crippen LogP contribution in [0.15, 0.2) is 54.6 Å². The van der Waals surface area contributed by atoms with Crippen molar-refractivity contribution in [3.63, 3.8) is 0 Å². The van der Waals surface area contributed by atoms with Crippen LogP contribution in [0.5, 0.6) is 5.75 Å². The number of rotatable bonds is 7. The van der Waals surface area contributed by atoms with Gasteiger partial charge in [-0.2, -0.15) is 8.42 Å². The van der Waals surface area contributed by atoms with Crippen LogP contribution in [0.4, 0.5) is 0 Å². The van der Waals surface area contributed by atoms with Gasteiger partial charge in [-0.25, -0.2) is 0 Å². The zero-order valence-corrected chi connectivity index (χ0v) is 14.4. The number of hydrogen-bond donors (Lipinski definition) is 1. The van der Waals surface area contributed by atoms with E-state index < -0.39 is 15.4 Å². The van der Waals surface area contributed by atoms with Gasteiger partial charge in [0.05, 0.1) is 0 Å². The Balaban J connectivity index is 2.02. The van der Waals surface area contributed by atoms with Crippen molar-refractivity contribution in [3.05, 3.63) is 65.7 Å². The van der Waals surface area contributed by atoms with Crippen molar-refractivity contribution in [2.24, 2.45) is 0 Å². The zero-order valence-electron chi connectivity index (χ0n) is 13.5. The van der Waals surface area contributed by atoms with Crippen LogP contribution in [0.1, 0.15) is 35.7 Å². The maximum atomic E-state index is 12.5. The quantitative estimate of drug-likeness (QED) is 0.613. The first-order chi connectivity index (χ1) is 11.3. The van der Waals surface area contributed by atoms with Gasteiger partial charge >= 0.3 is 0 Å². The number of hydrogen-bond acceptors (Lipinski definition) is 4. The second-order valence-electron chi connectivity index (χ2n) is 5.66. The summed E-state index contributed by atoms with van der Waals surface area (Å²) >= 11 is 0. The second kappa shape index (κ2) is 7.59. The molecule has 0 fully saturated rings. The van der Waals surface area contributed by atoms with Crippen molar-refractivity contribution < 1.29 is 22.5 Å². The van der Waals surface area contributed by atoms with Gasteiger partial charge in [-0.05, 0) is 36.8 Å². The van der Waals surface area contributed by atoms with Crippen molar-refractivity contribution in [1.29, 1.82) is 0 Å². The summed E-state index contributed by atoms with van der Waals surface area (Å²) in [4.78, 5) is 12.5. The molecule has 0 aliphatic heterocycles. The largest absolute Gasteiger partial charge is 0.492 e.